The molecule has 6 nitrogen and oxygen atoms in total. The molecule has 2 saturated carbocycles. The van der Waals surface area contributed by atoms with Crippen molar-refractivity contribution < 1.29 is 4.79 Å². The first-order chi connectivity index (χ1) is 9.86. The van der Waals surface area contributed by atoms with Gasteiger partial charge < -0.3 is 11.1 Å². The van der Waals surface area contributed by atoms with Crippen LogP contribution in [0.25, 0.3) is 0 Å². The lowest BCUT2D eigenvalue weighted by atomic mass is 9.69. The molecule has 2 aliphatic carbocycles. The van der Waals surface area contributed by atoms with E-state index in [1.165, 1.54) is 12.8 Å². The molecule has 0 spiro atoms. The number of nitrogens with one attached hydrogen (secondary N) is 1. The summed E-state index contributed by atoms with van der Waals surface area (Å²) in [5.41, 5.74) is 6.72. The third-order valence-electron chi connectivity index (χ3n) is 6.23. The quantitative estimate of drug-likeness (QED) is 0.869. The molecule has 3 unspecified atom stereocenters. The topological polar surface area (TPSA) is 85.8 Å². The van der Waals surface area contributed by atoms with Crippen molar-refractivity contribution in [3.05, 3.63) is 11.9 Å². The maximum atomic E-state index is 12.3. The van der Waals surface area contributed by atoms with E-state index in [0.717, 1.165) is 12.3 Å². The Balaban J connectivity index is 1.64. The Labute approximate surface area is 125 Å². The molecule has 2 aliphatic rings. The third-order valence-corrected chi connectivity index (χ3v) is 6.23. The van der Waals surface area contributed by atoms with Crippen molar-refractivity contribution in [1.82, 2.24) is 20.3 Å². The molecule has 1 aromatic rings. The average Bonchev–Trinajstić information content (AvgIpc) is 3.01. The van der Waals surface area contributed by atoms with Crippen molar-refractivity contribution in [2.24, 2.45) is 22.5 Å². The minimum atomic E-state index is 0.0121. The van der Waals surface area contributed by atoms with E-state index < -0.39 is 0 Å². The fourth-order valence-corrected chi connectivity index (χ4v) is 4.32. The highest BCUT2D eigenvalue weighted by Crippen LogP contribution is 2.65. The van der Waals surface area contributed by atoms with Crippen LogP contribution in [0.3, 0.4) is 0 Å². The Kier molecular flexibility index (Phi) is 3.31. The minimum Gasteiger partial charge on any atom is -0.351 e. The smallest absolute Gasteiger partial charge is 0.242 e. The predicted octanol–water partition coefficient (Wildman–Crippen LogP) is 1.07. The molecule has 0 aliphatic heterocycles. The molecular formula is C15H25N5O. The Morgan fingerprint density at radius 1 is 1.52 bits per heavy atom. The molecule has 6 heteroatoms. The Bertz CT molecular complexity index is 552. The molecule has 1 heterocycles. The van der Waals surface area contributed by atoms with Gasteiger partial charge in [0.2, 0.25) is 5.91 Å². The normalized spacial score (nSPS) is 33.3. The van der Waals surface area contributed by atoms with Gasteiger partial charge in [-0.15, -0.1) is 5.10 Å². The zero-order valence-corrected chi connectivity index (χ0v) is 13.1. The summed E-state index contributed by atoms with van der Waals surface area (Å²) in [4.78, 5) is 12.3. The number of hydrogen-bond acceptors (Lipinski definition) is 4. The van der Waals surface area contributed by atoms with Gasteiger partial charge in [-0.1, -0.05) is 26.0 Å². The van der Waals surface area contributed by atoms with Gasteiger partial charge in [0, 0.05) is 12.6 Å². The molecule has 21 heavy (non-hydrogen) atoms. The maximum absolute atomic E-state index is 12.3. The highest BCUT2D eigenvalue weighted by atomic mass is 16.2. The zero-order chi connectivity index (χ0) is 15.3. The third kappa shape index (κ3) is 2.16. The Morgan fingerprint density at radius 2 is 2.29 bits per heavy atom. The molecule has 0 aromatic carbocycles. The number of carbonyl (C=O) groups excluding carboxylic acids is 1. The second-order valence-corrected chi connectivity index (χ2v) is 7.34. The largest absolute Gasteiger partial charge is 0.351 e. The number of carbonyl (C=O) groups is 1. The van der Waals surface area contributed by atoms with Crippen LogP contribution < -0.4 is 11.1 Å². The van der Waals surface area contributed by atoms with Crippen LogP contribution in [-0.2, 0) is 17.9 Å². The second-order valence-electron chi connectivity index (χ2n) is 7.34. The van der Waals surface area contributed by atoms with Gasteiger partial charge in [0.05, 0.1) is 11.9 Å². The molecule has 1 amide bonds. The Hall–Kier alpha value is -1.43. The first-order valence-electron chi connectivity index (χ1n) is 7.75. The van der Waals surface area contributed by atoms with Crippen LogP contribution >= 0.6 is 0 Å². The summed E-state index contributed by atoms with van der Waals surface area (Å²) in [5, 5.41) is 11.0. The molecule has 3 atom stereocenters. The van der Waals surface area contributed by atoms with Gasteiger partial charge in [0.25, 0.3) is 0 Å². The van der Waals surface area contributed by atoms with Crippen LogP contribution in [0.15, 0.2) is 6.20 Å². The van der Waals surface area contributed by atoms with Crippen LogP contribution in [-0.4, -0.2) is 26.9 Å². The van der Waals surface area contributed by atoms with Crippen LogP contribution in [0, 0.1) is 16.7 Å². The molecule has 0 saturated heterocycles. The summed E-state index contributed by atoms with van der Waals surface area (Å²) in [5.74, 6) is 0.737. The lowest BCUT2D eigenvalue weighted by Crippen LogP contribution is -2.47. The SMILES string of the molecule is CC1(C)C2CCC1(C)C(NC(=O)Cn1cc(CN)nn1)C2. The number of aromatic nitrogens is 3. The predicted molar refractivity (Wildman–Crippen MR) is 79.1 cm³/mol. The number of nitrogens with zero attached hydrogens (tertiary/aromatic N) is 3. The van der Waals surface area contributed by atoms with E-state index in [1.807, 2.05) is 0 Å². The fourth-order valence-electron chi connectivity index (χ4n) is 4.32. The van der Waals surface area contributed by atoms with Crippen molar-refractivity contribution in [3.63, 3.8) is 0 Å². The second kappa shape index (κ2) is 4.80. The molecular weight excluding hydrogens is 266 g/mol. The number of fused-ring (bicyclic) bond motifs is 2. The van der Waals surface area contributed by atoms with E-state index in [9.17, 15) is 4.79 Å². The average molecular weight is 291 g/mol. The molecule has 2 fully saturated rings. The van der Waals surface area contributed by atoms with Crippen molar-refractivity contribution in [1.29, 1.82) is 0 Å². The summed E-state index contributed by atoms with van der Waals surface area (Å²) >= 11 is 0. The lowest BCUT2D eigenvalue weighted by Gasteiger charge is -2.39. The van der Waals surface area contributed by atoms with Crippen LogP contribution in [0.5, 0.6) is 0 Å². The van der Waals surface area contributed by atoms with E-state index in [4.69, 9.17) is 5.73 Å². The summed E-state index contributed by atoms with van der Waals surface area (Å²) in [6.07, 6.45) is 5.32. The van der Waals surface area contributed by atoms with Gasteiger partial charge in [0.15, 0.2) is 0 Å². The van der Waals surface area contributed by atoms with E-state index in [2.05, 4.69) is 36.4 Å². The first-order valence-corrected chi connectivity index (χ1v) is 7.75. The zero-order valence-electron chi connectivity index (χ0n) is 13.1. The van der Waals surface area contributed by atoms with Gasteiger partial charge >= 0.3 is 0 Å². The molecule has 2 bridgehead atoms. The maximum Gasteiger partial charge on any atom is 0.242 e. The van der Waals surface area contributed by atoms with Gasteiger partial charge in [-0.2, -0.15) is 0 Å². The minimum absolute atomic E-state index is 0.0121. The van der Waals surface area contributed by atoms with Crippen molar-refractivity contribution in [2.75, 3.05) is 0 Å². The van der Waals surface area contributed by atoms with E-state index in [1.54, 1.807) is 10.9 Å². The summed E-state index contributed by atoms with van der Waals surface area (Å²) in [6, 6.07) is 0.274. The standard InChI is InChI=1S/C15H25N5O/c1-14(2)10-4-5-15(14,3)12(6-10)17-13(21)9-20-8-11(7-16)18-19-20/h8,10,12H,4-7,9,16H2,1-3H3,(H,17,21). The first kappa shape index (κ1) is 14.5. The van der Waals surface area contributed by atoms with Crippen molar-refractivity contribution >= 4 is 5.91 Å². The van der Waals surface area contributed by atoms with Gasteiger partial charge in [-0.05, 0) is 36.0 Å². The molecule has 1 aromatic heterocycles. The monoisotopic (exact) mass is 291 g/mol. The molecule has 3 rings (SSSR count). The lowest BCUT2D eigenvalue weighted by molar-refractivity contribution is -0.123. The van der Waals surface area contributed by atoms with Gasteiger partial charge in [0.1, 0.15) is 6.54 Å². The van der Waals surface area contributed by atoms with Crippen LogP contribution in [0.1, 0.15) is 45.7 Å². The summed E-state index contributed by atoms with van der Waals surface area (Å²) in [6.45, 7) is 7.58. The molecule has 3 N–H and O–H groups in total. The Morgan fingerprint density at radius 3 is 2.81 bits per heavy atom. The highest BCUT2D eigenvalue weighted by molar-refractivity contribution is 5.76. The number of hydrogen-bond donors (Lipinski definition) is 2. The summed E-state index contributed by atoms with van der Waals surface area (Å²) in [7, 11) is 0. The number of amides is 1. The molecule has 0 radical (unpaired) electrons. The van der Waals surface area contributed by atoms with E-state index in [-0.39, 0.29) is 23.9 Å². The van der Waals surface area contributed by atoms with Crippen LogP contribution in [0.4, 0.5) is 0 Å². The number of nitrogens with two attached hydrogens (primary N) is 1. The van der Waals surface area contributed by atoms with Crippen LogP contribution in [0.2, 0.25) is 0 Å². The van der Waals surface area contributed by atoms with E-state index >= 15 is 0 Å². The molecule has 116 valence electrons. The van der Waals surface area contributed by atoms with Crippen molar-refractivity contribution in [2.45, 2.75) is 59.2 Å². The summed E-state index contributed by atoms with van der Waals surface area (Å²) < 4.78 is 1.55. The van der Waals surface area contributed by atoms with Gasteiger partial charge in [-0.25, -0.2) is 4.68 Å². The van der Waals surface area contributed by atoms with Gasteiger partial charge in [-0.3, -0.25) is 4.79 Å². The number of rotatable bonds is 4. The van der Waals surface area contributed by atoms with Crippen molar-refractivity contribution in [3.8, 4) is 0 Å². The van der Waals surface area contributed by atoms with E-state index in [0.29, 0.717) is 17.7 Å². The fraction of sp³-hybridized carbons (Fsp3) is 0.800. The highest BCUT2D eigenvalue weighted by Gasteiger charge is 2.61.